The normalized spacial score (nSPS) is 9.67. The monoisotopic (exact) mass is 324 g/mol. The van der Waals surface area contributed by atoms with Crippen LogP contribution in [0.3, 0.4) is 0 Å². The third-order valence-electron chi connectivity index (χ3n) is 3.52. The molecule has 2 rings (SSSR count). The average Bonchev–Trinajstić information content (AvgIpc) is 2.60. The molecule has 0 heterocycles. The zero-order valence-corrected chi connectivity index (χ0v) is 14.2. The van der Waals surface area contributed by atoms with Crippen LogP contribution in [0.4, 0.5) is 11.4 Å². The van der Waals surface area contributed by atoms with E-state index in [1.807, 2.05) is 50.3 Å². The highest BCUT2D eigenvalue weighted by Gasteiger charge is 2.16. The Morgan fingerprint density at radius 1 is 1.17 bits per heavy atom. The maximum atomic E-state index is 11.8. The van der Waals surface area contributed by atoms with E-state index in [0.29, 0.717) is 5.56 Å². The van der Waals surface area contributed by atoms with Gasteiger partial charge in [-0.1, -0.05) is 11.8 Å². The number of phenols is 1. The van der Waals surface area contributed by atoms with Crippen molar-refractivity contribution in [2.75, 3.05) is 38.5 Å². The quantitative estimate of drug-likeness (QED) is 0.671. The van der Waals surface area contributed by atoms with E-state index >= 15 is 0 Å². The third-order valence-corrected chi connectivity index (χ3v) is 3.52. The molecule has 0 saturated carbocycles. The number of rotatable bonds is 3. The maximum Gasteiger partial charge on any atom is 0.341 e. The average molecular weight is 324 g/mol. The fraction of sp³-hybridized carbons (Fsp3) is 0.211. The summed E-state index contributed by atoms with van der Waals surface area (Å²) in [5, 5.41) is 13.1. The lowest BCUT2D eigenvalue weighted by atomic mass is 10.1. The number of ether oxygens (including phenoxy) is 1. The van der Waals surface area contributed by atoms with E-state index in [0.717, 1.165) is 16.9 Å². The van der Waals surface area contributed by atoms with Crippen LogP contribution < -0.4 is 10.2 Å². The fourth-order valence-corrected chi connectivity index (χ4v) is 2.18. The SMILES string of the molecule is CNc1ccc(C#Cc2cc(C(=O)OC)c(O)cc2N(C)C)cc1. The Morgan fingerprint density at radius 3 is 2.38 bits per heavy atom. The Bertz CT molecular complexity index is 800. The van der Waals surface area contributed by atoms with Crippen LogP contribution in [0.15, 0.2) is 36.4 Å². The van der Waals surface area contributed by atoms with E-state index in [2.05, 4.69) is 17.2 Å². The van der Waals surface area contributed by atoms with Crippen LogP contribution in [-0.2, 0) is 4.74 Å². The summed E-state index contributed by atoms with van der Waals surface area (Å²) in [4.78, 5) is 13.6. The topological polar surface area (TPSA) is 61.8 Å². The first-order chi connectivity index (χ1) is 11.5. The number of esters is 1. The summed E-state index contributed by atoms with van der Waals surface area (Å²) in [6.07, 6.45) is 0. The third kappa shape index (κ3) is 3.79. The van der Waals surface area contributed by atoms with Crippen LogP contribution in [0.1, 0.15) is 21.5 Å². The van der Waals surface area contributed by atoms with Gasteiger partial charge < -0.3 is 20.1 Å². The van der Waals surface area contributed by atoms with E-state index in [1.165, 1.54) is 13.2 Å². The summed E-state index contributed by atoms with van der Waals surface area (Å²) >= 11 is 0. The molecule has 2 aromatic rings. The zero-order chi connectivity index (χ0) is 17.7. The number of methoxy groups -OCH3 is 1. The number of aromatic hydroxyl groups is 1. The molecule has 124 valence electrons. The van der Waals surface area contributed by atoms with Crippen LogP contribution >= 0.6 is 0 Å². The molecular formula is C19H20N2O3. The number of nitrogens with one attached hydrogen (secondary N) is 1. The minimum absolute atomic E-state index is 0.0953. The number of benzene rings is 2. The standard InChI is InChI=1S/C19H20N2O3/c1-20-15-9-6-13(7-10-15)5-8-14-11-16(19(23)24-4)18(22)12-17(14)21(2)3/h6-7,9-12,20,22H,1-4H3. The number of anilines is 2. The van der Waals surface area contributed by atoms with Gasteiger partial charge in [0.05, 0.1) is 12.8 Å². The first-order valence-corrected chi connectivity index (χ1v) is 7.38. The summed E-state index contributed by atoms with van der Waals surface area (Å²) in [5.74, 6) is 5.41. The molecule has 0 aromatic heterocycles. The summed E-state index contributed by atoms with van der Waals surface area (Å²) in [6.45, 7) is 0. The molecule has 5 heteroatoms. The van der Waals surface area contributed by atoms with Gasteiger partial charge in [0.1, 0.15) is 11.3 Å². The second-order valence-electron chi connectivity index (χ2n) is 5.35. The number of hydrogen-bond acceptors (Lipinski definition) is 5. The van der Waals surface area contributed by atoms with Crippen LogP contribution in [0.2, 0.25) is 0 Å². The fourth-order valence-electron chi connectivity index (χ4n) is 2.18. The van der Waals surface area contributed by atoms with Crippen molar-refractivity contribution < 1.29 is 14.6 Å². The van der Waals surface area contributed by atoms with E-state index in [-0.39, 0.29) is 11.3 Å². The summed E-state index contributed by atoms with van der Waals surface area (Å²) in [6, 6.07) is 10.8. The van der Waals surface area contributed by atoms with Crippen molar-refractivity contribution >= 4 is 17.3 Å². The molecular weight excluding hydrogens is 304 g/mol. The summed E-state index contributed by atoms with van der Waals surface area (Å²) in [5.41, 5.74) is 3.31. The molecule has 0 radical (unpaired) electrons. The summed E-state index contributed by atoms with van der Waals surface area (Å²) in [7, 11) is 6.82. The Labute approximate surface area is 141 Å². The molecule has 0 bridgehead atoms. The Morgan fingerprint density at radius 2 is 1.83 bits per heavy atom. The van der Waals surface area contributed by atoms with Crippen molar-refractivity contribution in [3.8, 4) is 17.6 Å². The maximum absolute atomic E-state index is 11.8. The highest BCUT2D eigenvalue weighted by molar-refractivity contribution is 5.94. The number of carbonyl (C=O) groups excluding carboxylic acids is 1. The minimum atomic E-state index is -0.598. The molecule has 0 amide bonds. The second kappa shape index (κ2) is 7.42. The van der Waals surface area contributed by atoms with Crippen molar-refractivity contribution in [3.05, 3.63) is 53.1 Å². The molecule has 0 aliphatic rings. The van der Waals surface area contributed by atoms with E-state index in [4.69, 9.17) is 4.74 Å². The van der Waals surface area contributed by atoms with Gasteiger partial charge >= 0.3 is 5.97 Å². The lowest BCUT2D eigenvalue weighted by Crippen LogP contribution is -2.12. The van der Waals surface area contributed by atoms with Crippen LogP contribution in [-0.4, -0.2) is 39.3 Å². The van der Waals surface area contributed by atoms with E-state index in [1.54, 1.807) is 6.07 Å². The largest absolute Gasteiger partial charge is 0.507 e. The van der Waals surface area contributed by atoms with E-state index < -0.39 is 5.97 Å². The van der Waals surface area contributed by atoms with Gasteiger partial charge in [-0.05, 0) is 30.3 Å². The van der Waals surface area contributed by atoms with Crippen molar-refractivity contribution in [1.82, 2.24) is 0 Å². The molecule has 5 nitrogen and oxygen atoms in total. The molecule has 0 atom stereocenters. The van der Waals surface area contributed by atoms with Crippen LogP contribution in [0.25, 0.3) is 0 Å². The predicted octanol–water partition coefficient (Wildman–Crippen LogP) is 2.69. The highest BCUT2D eigenvalue weighted by Crippen LogP contribution is 2.28. The Hall–Kier alpha value is -3.13. The van der Waals surface area contributed by atoms with Gasteiger partial charge in [-0.25, -0.2) is 4.79 Å². The molecule has 0 fully saturated rings. The van der Waals surface area contributed by atoms with Gasteiger partial charge in [-0.15, -0.1) is 0 Å². The number of carbonyl (C=O) groups is 1. The minimum Gasteiger partial charge on any atom is -0.507 e. The van der Waals surface area contributed by atoms with Gasteiger partial charge in [-0.3, -0.25) is 0 Å². The second-order valence-corrected chi connectivity index (χ2v) is 5.35. The lowest BCUT2D eigenvalue weighted by molar-refractivity contribution is 0.0597. The van der Waals surface area contributed by atoms with Crippen LogP contribution in [0, 0.1) is 11.8 Å². The van der Waals surface area contributed by atoms with Gasteiger partial charge in [0.25, 0.3) is 0 Å². The molecule has 0 aliphatic heterocycles. The molecule has 0 saturated heterocycles. The van der Waals surface area contributed by atoms with Crippen molar-refractivity contribution in [2.45, 2.75) is 0 Å². The number of nitrogens with zero attached hydrogens (tertiary/aromatic N) is 1. The zero-order valence-electron chi connectivity index (χ0n) is 14.2. The first kappa shape index (κ1) is 17.2. The number of phenolic OH excluding ortho intramolecular Hbond substituents is 1. The molecule has 0 spiro atoms. The first-order valence-electron chi connectivity index (χ1n) is 7.38. The summed E-state index contributed by atoms with van der Waals surface area (Å²) < 4.78 is 4.69. The molecule has 24 heavy (non-hydrogen) atoms. The van der Waals surface area contributed by atoms with Crippen LogP contribution in [0.5, 0.6) is 5.75 Å². The Kier molecular flexibility index (Phi) is 5.33. The lowest BCUT2D eigenvalue weighted by Gasteiger charge is -2.16. The molecule has 0 unspecified atom stereocenters. The molecule has 0 aliphatic carbocycles. The van der Waals surface area contributed by atoms with Crippen molar-refractivity contribution in [1.29, 1.82) is 0 Å². The Balaban J connectivity index is 2.47. The van der Waals surface area contributed by atoms with Crippen molar-refractivity contribution in [3.63, 3.8) is 0 Å². The van der Waals surface area contributed by atoms with E-state index in [9.17, 15) is 9.90 Å². The molecule has 2 aromatic carbocycles. The predicted molar refractivity (Wildman–Crippen MR) is 95.7 cm³/mol. The van der Waals surface area contributed by atoms with Gasteiger partial charge in [0.2, 0.25) is 0 Å². The van der Waals surface area contributed by atoms with Gasteiger partial charge in [0.15, 0.2) is 0 Å². The smallest absolute Gasteiger partial charge is 0.341 e. The molecule has 2 N–H and O–H groups in total. The van der Waals surface area contributed by atoms with Gasteiger partial charge in [-0.2, -0.15) is 0 Å². The van der Waals surface area contributed by atoms with Crippen molar-refractivity contribution in [2.24, 2.45) is 0 Å². The highest BCUT2D eigenvalue weighted by atomic mass is 16.5. The van der Waals surface area contributed by atoms with Gasteiger partial charge in [0, 0.05) is 44.0 Å². The number of hydrogen-bond donors (Lipinski definition) is 2.